The summed E-state index contributed by atoms with van der Waals surface area (Å²) in [5, 5.41) is 12.1. The number of rotatable bonds is 5. The molecule has 0 saturated carbocycles. The van der Waals surface area contributed by atoms with Crippen molar-refractivity contribution in [1.82, 2.24) is 5.32 Å². The van der Waals surface area contributed by atoms with Crippen molar-refractivity contribution in [3.8, 4) is 5.75 Å². The molecule has 0 aromatic heterocycles. The first-order valence-corrected chi connectivity index (χ1v) is 5.28. The lowest BCUT2D eigenvalue weighted by Gasteiger charge is -2.05. The summed E-state index contributed by atoms with van der Waals surface area (Å²) in [7, 11) is 1.61. The molecule has 2 N–H and O–H groups in total. The highest BCUT2D eigenvalue weighted by atomic mass is 35.5. The average molecular weight is 244 g/mol. The molecule has 1 aromatic rings. The maximum atomic E-state index is 11.6. The lowest BCUT2D eigenvalue weighted by molar-refractivity contribution is 0.0948. The monoisotopic (exact) mass is 243 g/mol. The van der Waals surface area contributed by atoms with Crippen LogP contribution in [0.2, 0.25) is 5.02 Å². The van der Waals surface area contributed by atoms with Crippen molar-refractivity contribution in [3.05, 3.63) is 28.8 Å². The number of hydrogen-bond acceptors (Lipinski definition) is 3. The zero-order valence-corrected chi connectivity index (χ0v) is 9.75. The minimum absolute atomic E-state index is 0.0300. The van der Waals surface area contributed by atoms with Crippen LogP contribution in [0.4, 0.5) is 0 Å². The fourth-order valence-electron chi connectivity index (χ4n) is 1.17. The van der Waals surface area contributed by atoms with Gasteiger partial charge >= 0.3 is 0 Å². The third-order valence-electron chi connectivity index (χ3n) is 2.02. The predicted octanol–water partition coefficient (Wildman–Crippen LogP) is 1.81. The highest BCUT2D eigenvalue weighted by Gasteiger charge is 2.07. The number of amides is 1. The smallest absolute Gasteiger partial charge is 0.251 e. The molecule has 0 radical (unpaired) electrons. The molecular weight excluding hydrogens is 230 g/mol. The predicted molar refractivity (Wildman–Crippen MR) is 61.9 cm³/mol. The van der Waals surface area contributed by atoms with Crippen molar-refractivity contribution in [3.63, 3.8) is 0 Å². The van der Waals surface area contributed by atoms with Gasteiger partial charge in [-0.15, -0.1) is 0 Å². The number of hydrogen-bond donors (Lipinski definition) is 2. The van der Waals surface area contributed by atoms with Gasteiger partial charge in [-0.05, 0) is 24.6 Å². The number of methoxy groups -OCH3 is 1. The van der Waals surface area contributed by atoms with Gasteiger partial charge in [0.25, 0.3) is 5.91 Å². The second-order valence-corrected chi connectivity index (χ2v) is 3.68. The maximum absolute atomic E-state index is 11.6. The summed E-state index contributed by atoms with van der Waals surface area (Å²) in [4.78, 5) is 11.6. The van der Waals surface area contributed by atoms with Crippen molar-refractivity contribution >= 4 is 17.5 Å². The van der Waals surface area contributed by atoms with Crippen molar-refractivity contribution < 1.29 is 14.6 Å². The number of phenols is 1. The standard InChI is InChI=1S/C11H14ClNO3/c1-16-6-2-5-13-11(15)8-3-4-10(14)9(12)7-8/h3-4,7,14H,2,5-6H2,1H3,(H,13,15). The minimum Gasteiger partial charge on any atom is -0.506 e. The van der Waals surface area contributed by atoms with Crippen LogP contribution in [0, 0.1) is 0 Å². The van der Waals surface area contributed by atoms with E-state index in [0.29, 0.717) is 18.7 Å². The third kappa shape index (κ3) is 3.72. The quantitative estimate of drug-likeness (QED) is 0.776. The van der Waals surface area contributed by atoms with Gasteiger partial charge in [0.2, 0.25) is 0 Å². The van der Waals surface area contributed by atoms with E-state index in [1.807, 2.05) is 0 Å². The Hall–Kier alpha value is -1.26. The van der Waals surface area contributed by atoms with E-state index >= 15 is 0 Å². The molecule has 0 aliphatic rings. The minimum atomic E-state index is -0.210. The van der Waals surface area contributed by atoms with Crippen molar-refractivity contribution in [2.24, 2.45) is 0 Å². The molecule has 0 bridgehead atoms. The summed E-state index contributed by atoms with van der Waals surface area (Å²) < 4.78 is 4.86. The van der Waals surface area contributed by atoms with E-state index in [4.69, 9.17) is 16.3 Å². The first kappa shape index (κ1) is 12.8. The Bertz CT molecular complexity index is 368. The van der Waals surface area contributed by atoms with Crippen molar-refractivity contribution in [1.29, 1.82) is 0 Å². The summed E-state index contributed by atoms with van der Waals surface area (Å²) >= 11 is 5.69. The average Bonchev–Trinajstić information content (AvgIpc) is 2.28. The molecule has 1 amide bonds. The van der Waals surface area contributed by atoms with E-state index in [-0.39, 0.29) is 16.7 Å². The van der Waals surface area contributed by atoms with E-state index < -0.39 is 0 Å². The molecule has 0 spiro atoms. The molecular formula is C11H14ClNO3. The molecule has 16 heavy (non-hydrogen) atoms. The van der Waals surface area contributed by atoms with Gasteiger partial charge in [-0.1, -0.05) is 11.6 Å². The summed E-state index contributed by atoms with van der Waals surface area (Å²) in [6.07, 6.45) is 0.758. The van der Waals surface area contributed by atoms with Gasteiger partial charge in [0, 0.05) is 25.8 Å². The van der Waals surface area contributed by atoms with Gasteiger partial charge in [0.1, 0.15) is 5.75 Å². The van der Waals surface area contributed by atoms with Gasteiger partial charge in [0.05, 0.1) is 5.02 Å². The van der Waals surface area contributed by atoms with Crippen LogP contribution in [0.25, 0.3) is 0 Å². The Balaban J connectivity index is 2.50. The number of aromatic hydroxyl groups is 1. The van der Waals surface area contributed by atoms with Gasteiger partial charge in [-0.2, -0.15) is 0 Å². The van der Waals surface area contributed by atoms with E-state index in [2.05, 4.69) is 5.32 Å². The fraction of sp³-hybridized carbons (Fsp3) is 0.364. The molecule has 5 heteroatoms. The molecule has 0 atom stereocenters. The number of phenolic OH excluding ortho intramolecular Hbond substituents is 1. The van der Waals surface area contributed by atoms with Crippen LogP contribution in [-0.4, -0.2) is 31.3 Å². The third-order valence-corrected chi connectivity index (χ3v) is 2.32. The topological polar surface area (TPSA) is 58.6 Å². The molecule has 0 heterocycles. The number of carbonyl (C=O) groups excluding carboxylic acids is 1. The van der Waals surface area contributed by atoms with Crippen LogP contribution in [0.3, 0.4) is 0 Å². The van der Waals surface area contributed by atoms with E-state index in [9.17, 15) is 9.90 Å². The van der Waals surface area contributed by atoms with E-state index in [1.54, 1.807) is 7.11 Å². The Morgan fingerprint density at radius 1 is 1.56 bits per heavy atom. The molecule has 0 unspecified atom stereocenters. The van der Waals surface area contributed by atoms with Gasteiger partial charge < -0.3 is 15.2 Å². The van der Waals surface area contributed by atoms with Crippen LogP contribution >= 0.6 is 11.6 Å². The highest BCUT2D eigenvalue weighted by Crippen LogP contribution is 2.23. The number of nitrogens with one attached hydrogen (secondary N) is 1. The molecule has 1 rings (SSSR count). The van der Waals surface area contributed by atoms with Gasteiger partial charge in [-0.25, -0.2) is 0 Å². The fourth-order valence-corrected chi connectivity index (χ4v) is 1.35. The zero-order chi connectivity index (χ0) is 12.0. The molecule has 0 saturated heterocycles. The van der Waals surface area contributed by atoms with Crippen molar-refractivity contribution in [2.45, 2.75) is 6.42 Å². The van der Waals surface area contributed by atoms with Crippen LogP contribution < -0.4 is 5.32 Å². The van der Waals surface area contributed by atoms with E-state index in [0.717, 1.165) is 6.42 Å². The first-order valence-electron chi connectivity index (χ1n) is 4.91. The number of carbonyl (C=O) groups is 1. The molecule has 1 aromatic carbocycles. The molecule has 0 aliphatic carbocycles. The first-order chi connectivity index (χ1) is 7.65. The van der Waals surface area contributed by atoms with Gasteiger partial charge in [-0.3, -0.25) is 4.79 Å². The molecule has 88 valence electrons. The Kier molecular flexibility index (Phi) is 5.08. The maximum Gasteiger partial charge on any atom is 0.251 e. The summed E-state index contributed by atoms with van der Waals surface area (Å²) in [6.45, 7) is 1.15. The van der Waals surface area contributed by atoms with Crippen LogP contribution in [0.15, 0.2) is 18.2 Å². The SMILES string of the molecule is COCCCNC(=O)c1ccc(O)c(Cl)c1. The molecule has 0 aliphatic heterocycles. The van der Waals surface area contributed by atoms with Crippen LogP contribution in [0.1, 0.15) is 16.8 Å². The zero-order valence-electron chi connectivity index (χ0n) is 9.00. The lowest BCUT2D eigenvalue weighted by Crippen LogP contribution is -2.25. The second-order valence-electron chi connectivity index (χ2n) is 3.27. The largest absolute Gasteiger partial charge is 0.506 e. The number of halogens is 1. The Morgan fingerprint density at radius 3 is 2.94 bits per heavy atom. The lowest BCUT2D eigenvalue weighted by atomic mass is 10.2. The highest BCUT2D eigenvalue weighted by molar-refractivity contribution is 6.32. The molecule has 4 nitrogen and oxygen atoms in total. The Morgan fingerprint density at radius 2 is 2.31 bits per heavy atom. The van der Waals surface area contributed by atoms with Crippen LogP contribution in [0.5, 0.6) is 5.75 Å². The summed E-state index contributed by atoms with van der Waals surface area (Å²) in [5.74, 6) is -0.240. The summed E-state index contributed by atoms with van der Waals surface area (Å²) in [6, 6.07) is 4.35. The van der Waals surface area contributed by atoms with Crippen molar-refractivity contribution in [2.75, 3.05) is 20.3 Å². The van der Waals surface area contributed by atoms with Gasteiger partial charge in [0.15, 0.2) is 0 Å². The number of benzene rings is 1. The number of ether oxygens (including phenoxy) is 1. The Labute approximate surface area is 99.2 Å². The van der Waals surface area contributed by atoms with E-state index in [1.165, 1.54) is 18.2 Å². The second kappa shape index (κ2) is 6.35. The van der Waals surface area contributed by atoms with Crippen LogP contribution in [-0.2, 0) is 4.74 Å². The molecule has 0 fully saturated rings. The normalized spacial score (nSPS) is 10.1. The summed E-state index contributed by atoms with van der Waals surface area (Å²) in [5.41, 5.74) is 0.431.